The van der Waals surface area contributed by atoms with Crippen molar-refractivity contribution >= 4 is 0 Å². The number of hydrogen-bond acceptors (Lipinski definition) is 1. The molecule has 0 aromatic heterocycles. The predicted molar refractivity (Wildman–Crippen MR) is 71.6 cm³/mol. The van der Waals surface area contributed by atoms with Gasteiger partial charge in [-0.1, -0.05) is 13.8 Å². The zero-order valence-electron chi connectivity index (χ0n) is 11.3. The lowest BCUT2D eigenvalue weighted by Crippen LogP contribution is -2.18. The Morgan fingerprint density at radius 1 is 1.17 bits per heavy atom. The van der Waals surface area contributed by atoms with Gasteiger partial charge in [0.25, 0.3) is 0 Å². The summed E-state index contributed by atoms with van der Waals surface area (Å²) in [5, 5.41) is 3.35. The molecule has 1 atom stereocenters. The molecule has 0 spiro atoms. The van der Waals surface area contributed by atoms with Crippen LogP contribution < -0.4 is 5.32 Å². The monoisotopic (exact) mass is 255 g/mol. The number of nitrogens with one attached hydrogen (secondary N) is 1. The van der Waals surface area contributed by atoms with E-state index in [4.69, 9.17) is 0 Å². The van der Waals surface area contributed by atoms with Gasteiger partial charge in [-0.25, -0.2) is 8.78 Å². The van der Waals surface area contributed by atoms with Crippen LogP contribution in [0.4, 0.5) is 8.78 Å². The van der Waals surface area contributed by atoms with Gasteiger partial charge in [-0.05, 0) is 68.5 Å². The van der Waals surface area contributed by atoms with Crippen molar-refractivity contribution in [2.45, 2.75) is 39.5 Å². The highest BCUT2D eigenvalue weighted by atomic mass is 19.1. The summed E-state index contributed by atoms with van der Waals surface area (Å²) < 4.78 is 26.4. The van der Waals surface area contributed by atoms with Gasteiger partial charge in [0.2, 0.25) is 0 Å². The molecule has 1 unspecified atom stereocenters. The number of rotatable bonds is 8. The molecule has 0 bridgehead atoms. The highest BCUT2D eigenvalue weighted by molar-refractivity contribution is 5.18. The second kappa shape index (κ2) is 8.20. The van der Waals surface area contributed by atoms with E-state index in [1.54, 1.807) is 0 Å². The minimum Gasteiger partial charge on any atom is -0.317 e. The van der Waals surface area contributed by atoms with Gasteiger partial charge < -0.3 is 5.32 Å². The molecular weight excluding hydrogens is 232 g/mol. The van der Waals surface area contributed by atoms with E-state index in [9.17, 15) is 8.78 Å². The van der Waals surface area contributed by atoms with E-state index in [1.807, 2.05) is 0 Å². The quantitative estimate of drug-likeness (QED) is 0.694. The van der Waals surface area contributed by atoms with Crippen molar-refractivity contribution in [1.82, 2.24) is 5.32 Å². The van der Waals surface area contributed by atoms with Crippen LogP contribution in [0.3, 0.4) is 0 Å². The van der Waals surface area contributed by atoms with Crippen LogP contribution in [0.5, 0.6) is 0 Å². The van der Waals surface area contributed by atoms with Crippen molar-refractivity contribution in [3.63, 3.8) is 0 Å². The molecule has 0 amide bonds. The van der Waals surface area contributed by atoms with Crippen molar-refractivity contribution in [2.75, 3.05) is 13.1 Å². The molecule has 0 aliphatic carbocycles. The lowest BCUT2D eigenvalue weighted by Gasteiger charge is -2.12. The van der Waals surface area contributed by atoms with Gasteiger partial charge in [0.05, 0.1) is 0 Å². The van der Waals surface area contributed by atoms with Crippen LogP contribution in [0.25, 0.3) is 0 Å². The Labute approximate surface area is 109 Å². The zero-order chi connectivity index (χ0) is 13.4. The average molecular weight is 255 g/mol. The van der Waals surface area contributed by atoms with Crippen LogP contribution in [0.1, 0.15) is 38.7 Å². The summed E-state index contributed by atoms with van der Waals surface area (Å²) in [5.74, 6) is -0.131. The standard InChI is InChI=1S/C15H23F2N/c1-3-9-18-10-8-12(2)4-5-13-11-14(16)6-7-15(13)17/h6-7,11-12,18H,3-5,8-10H2,1-2H3. The maximum Gasteiger partial charge on any atom is 0.126 e. The average Bonchev–Trinajstić information content (AvgIpc) is 2.36. The van der Waals surface area contributed by atoms with E-state index < -0.39 is 0 Å². The maximum atomic E-state index is 13.4. The molecule has 0 aliphatic rings. The third kappa shape index (κ3) is 5.58. The Kier molecular flexibility index (Phi) is 6.88. The molecule has 0 saturated heterocycles. The van der Waals surface area contributed by atoms with E-state index >= 15 is 0 Å². The number of benzene rings is 1. The Bertz CT molecular complexity index is 352. The van der Waals surface area contributed by atoms with Crippen LogP contribution >= 0.6 is 0 Å². The van der Waals surface area contributed by atoms with Crippen molar-refractivity contribution in [3.8, 4) is 0 Å². The molecule has 0 saturated carbocycles. The lowest BCUT2D eigenvalue weighted by molar-refractivity contribution is 0.464. The summed E-state index contributed by atoms with van der Waals surface area (Å²) >= 11 is 0. The third-order valence-corrected chi connectivity index (χ3v) is 3.15. The topological polar surface area (TPSA) is 12.0 Å². The Balaban J connectivity index is 2.29. The molecule has 1 nitrogen and oxygen atoms in total. The first kappa shape index (κ1) is 15.1. The van der Waals surface area contributed by atoms with Crippen LogP contribution in [0.15, 0.2) is 18.2 Å². The van der Waals surface area contributed by atoms with Crippen molar-refractivity contribution in [2.24, 2.45) is 5.92 Å². The molecular formula is C15H23F2N. The predicted octanol–water partition coefficient (Wildman–Crippen LogP) is 3.92. The minimum absolute atomic E-state index is 0.298. The second-order valence-electron chi connectivity index (χ2n) is 4.92. The van der Waals surface area contributed by atoms with Gasteiger partial charge in [0, 0.05) is 0 Å². The van der Waals surface area contributed by atoms with E-state index in [0.717, 1.165) is 38.4 Å². The van der Waals surface area contributed by atoms with Crippen LogP contribution in [-0.4, -0.2) is 13.1 Å². The Morgan fingerprint density at radius 2 is 1.94 bits per heavy atom. The molecule has 1 rings (SSSR count). The highest BCUT2D eigenvalue weighted by Crippen LogP contribution is 2.16. The van der Waals surface area contributed by atoms with Crippen molar-refractivity contribution < 1.29 is 8.78 Å². The smallest absolute Gasteiger partial charge is 0.126 e. The molecule has 0 radical (unpaired) electrons. The second-order valence-corrected chi connectivity index (χ2v) is 4.92. The summed E-state index contributed by atoms with van der Waals surface area (Å²) in [7, 11) is 0. The highest BCUT2D eigenvalue weighted by Gasteiger charge is 2.07. The summed E-state index contributed by atoms with van der Waals surface area (Å²) in [5.41, 5.74) is 0.489. The van der Waals surface area contributed by atoms with Crippen LogP contribution in [0.2, 0.25) is 0 Å². The normalized spacial score (nSPS) is 12.7. The van der Waals surface area contributed by atoms with Gasteiger partial charge in [-0.3, -0.25) is 0 Å². The Hall–Kier alpha value is -0.960. The first-order valence-corrected chi connectivity index (χ1v) is 6.78. The lowest BCUT2D eigenvalue weighted by atomic mass is 9.98. The largest absolute Gasteiger partial charge is 0.317 e. The molecule has 102 valence electrons. The van der Waals surface area contributed by atoms with E-state index in [0.29, 0.717) is 17.9 Å². The fourth-order valence-corrected chi connectivity index (χ4v) is 1.93. The number of aryl methyl sites for hydroxylation is 1. The zero-order valence-corrected chi connectivity index (χ0v) is 11.3. The summed E-state index contributed by atoms with van der Waals surface area (Å²) in [6, 6.07) is 3.67. The van der Waals surface area contributed by atoms with E-state index in [-0.39, 0.29) is 11.6 Å². The first-order valence-electron chi connectivity index (χ1n) is 6.78. The molecule has 0 fully saturated rings. The number of halogens is 2. The van der Waals surface area contributed by atoms with E-state index in [1.165, 1.54) is 12.1 Å². The molecule has 3 heteroatoms. The fraction of sp³-hybridized carbons (Fsp3) is 0.600. The summed E-state index contributed by atoms with van der Waals surface area (Å²) in [6.45, 7) is 6.35. The van der Waals surface area contributed by atoms with Gasteiger partial charge in [-0.2, -0.15) is 0 Å². The van der Waals surface area contributed by atoms with Crippen molar-refractivity contribution in [1.29, 1.82) is 0 Å². The first-order chi connectivity index (χ1) is 8.63. The molecule has 0 heterocycles. The fourth-order valence-electron chi connectivity index (χ4n) is 1.93. The minimum atomic E-state index is -0.358. The Morgan fingerprint density at radius 3 is 2.67 bits per heavy atom. The van der Waals surface area contributed by atoms with E-state index in [2.05, 4.69) is 19.2 Å². The van der Waals surface area contributed by atoms with Crippen LogP contribution in [0, 0.1) is 17.6 Å². The van der Waals surface area contributed by atoms with Gasteiger partial charge in [-0.15, -0.1) is 0 Å². The molecule has 1 aromatic rings. The molecule has 1 N–H and O–H groups in total. The third-order valence-electron chi connectivity index (χ3n) is 3.15. The molecule has 18 heavy (non-hydrogen) atoms. The van der Waals surface area contributed by atoms with Gasteiger partial charge in [0.15, 0.2) is 0 Å². The summed E-state index contributed by atoms with van der Waals surface area (Å²) in [4.78, 5) is 0. The molecule has 1 aromatic carbocycles. The summed E-state index contributed by atoms with van der Waals surface area (Å²) in [6.07, 6.45) is 3.73. The van der Waals surface area contributed by atoms with Crippen LogP contribution in [-0.2, 0) is 6.42 Å². The van der Waals surface area contributed by atoms with Gasteiger partial charge in [0.1, 0.15) is 11.6 Å². The van der Waals surface area contributed by atoms with Crippen molar-refractivity contribution in [3.05, 3.63) is 35.4 Å². The maximum absolute atomic E-state index is 13.4. The molecule has 0 aliphatic heterocycles. The van der Waals surface area contributed by atoms with Gasteiger partial charge >= 0.3 is 0 Å². The SMILES string of the molecule is CCCNCCC(C)CCc1cc(F)ccc1F. The number of hydrogen-bond donors (Lipinski definition) is 1.